The third kappa shape index (κ3) is 3.71. The fraction of sp³-hybridized carbons (Fsp3) is 0.0909. The summed E-state index contributed by atoms with van der Waals surface area (Å²) < 4.78 is 41.3. The predicted molar refractivity (Wildman–Crippen MR) is 105 cm³/mol. The lowest BCUT2D eigenvalue weighted by Crippen LogP contribution is -2.18. The first kappa shape index (κ1) is 18.7. The summed E-state index contributed by atoms with van der Waals surface area (Å²) in [5.74, 6) is -0.811. The second kappa shape index (κ2) is 7.09. The van der Waals surface area contributed by atoms with Crippen molar-refractivity contribution in [3.8, 4) is 11.3 Å². The van der Waals surface area contributed by atoms with Gasteiger partial charge < -0.3 is 9.72 Å². The fourth-order valence-electron chi connectivity index (χ4n) is 3.14. The van der Waals surface area contributed by atoms with Crippen molar-refractivity contribution in [1.29, 1.82) is 0 Å². The molecular formula is C22H16F3N3O. The molecule has 1 N–H and O–H groups in total. The summed E-state index contributed by atoms with van der Waals surface area (Å²) in [5.41, 5.74) is 2.51. The molecule has 4 nitrogen and oxygen atoms in total. The van der Waals surface area contributed by atoms with Crippen molar-refractivity contribution in [1.82, 2.24) is 9.38 Å². The molecule has 0 fully saturated rings. The maximum Gasteiger partial charge on any atom is 0.417 e. The van der Waals surface area contributed by atoms with Crippen LogP contribution in [-0.2, 0) is 6.18 Å². The number of carbonyl (C=O) groups is 1. The highest BCUT2D eigenvalue weighted by Crippen LogP contribution is 2.32. The van der Waals surface area contributed by atoms with Gasteiger partial charge in [-0.15, -0.1) is 0 Å². The number of hydrogen-bond donors (Lipinski definition) is 1. The summed E-state index contributed by atoms with van der Waals surface area (Å²) in [5, 5.41) is 2.52. The Bertz CT molecular complexity index is 1190. The zero-order valence-electron chi connectivity index (χ0n) is 15.4. The van der Waals surface area contributed by atoms with E-state index >= 15 is 0 Å². The molecule has 4 aromatic rings. The smallest absolute Gasteiger partial charge is 0.322 e. The van der Waals surface area contributed by atoms with Crippen molar-refractivity contribution < 1.29 is 18.0 Å². The molecule has 0 radical (unpaired) electrons. The minimum Gasteiger partial charge on any atom is -0.322 e. The number of pyridine rings is 1. The van der Waals surface area contributed by atoms with Gasteiger partial charge in [-0.05, 0) is 42.8 Å². The minimum absolute atomic E-state index is 0.399. The topological polar surface area (TPSA) is 46.4 Å². The molecule has 2 aromatic heterocycles. The van der Waals surface area contributed by atoms with Crippen LogP contribution in [0.1, 0.15) is 21.5 Å². The zero-order valence-corrected chi connectivity index (χ0v) is 15.4. The Balaban J connectivity index is 1.57. The van der Waals surface area contributed by atoms with Crippen LogP contribution >= 0.6 is 0 Å². The van der Waals surface area contributed by atoms with Gasteiger partial charge in [-0.25, -0.2) is 4.98 Å². The monoisotopic (exact) mass is 395 g/mol. The third-order valence-corrected chi connectivity index (χ3v) is 4.59. The van der Waals surface area contributed by atoms with E-state index in [9.17, 15) is 18.0 Å². The van der Waals surface area contributed by atoms with Crippen molar-refractivity contribution in [2.24, 2.45) is 0 Å². The average Bonchev–Trinajstić information content (AvgIpc) is 3.14. The van der Waals surface area contributed by atoms with E-state index in [0.29, 0.717) is 5.69 Å². The van der Waals surface area contributed by atoms with Gasteiger partial charge in [0.05, 0.1) is 16.8 Å². The van der Waals surface area contributed by atoms with Crippen LogP contribution in [0.15, 0.2) is 73.1 Å². The standard InChI is InChI=1S/C22H16F3N3O/c1-14-5-4-12-28-13-19(27-20(14)28)15-8-10-16(11-9-15)26-21(29)17-6-2-3-7-18(17)22(23,24)25/h2-13H,1H3,(H,26,29). The molecule has 7 heteroatoms. The number of fused-ring (bicyclic) bond motifs is 1. The van der Waals surface area contributed by atoms with Crippen molar-refractivity contribution in [3.05, 3.63) is 89.7 Å². The number of hydrogen-bond acceptors (Lipinski definition) is 2. The molecule has 0 saturated carbocycles. The molecule has 0 bridgehead atoms. The molecule has 0 atom stereocenters. The number of imidazole rings is 1. The Labute approximate surface area is 164 Å². The maximum atomic E-state index is 13.1. The van der Waals surface area contributed by atoms with Crippen molar-refractivity contribution >= 4 is 17.2 Å². The second-order valence-electron chi connectivity index (χ2n) is 6.62. The molecule has 0 spiro atoms. The highest BCUT2D eigenvalue weighted by molar-refractivity contribution is 6.05. The number of nitrogens with one attached hydrogen (secondary N) is 1. The van der Waals surface area contributed by atoms with Gasteiger partial charge in [-0.3, -0.25) is 4.79 Å². The number of aromatic nitrogens is 2. The molecule has 4 rings (SSSR count). The molecule has 0 unspecified atom stereocenters. The molecule has 0 aliphatic rings. The van der Waals surface area contributed by atoms with Crippen LogP contribution < -0.4 is 5.32 Å². The van der Waals surface area contributed by atoms with E-state index in [1.165, 1.54) is 12.1 Å². The SMILES string of the molecule is Cc1cccn2cc(-c3ccc(NC(=O)c4ccccc4C(F)(F)F)cc3)nc12. The number of aryl methyl sites for hydroxylation is 1. The van der Waals surface area contributed by atoms with Gasteiger partial charge in [0.1, 0.15) is 5.65 Å². The summed E-state index contributed by atoms with van der Waals surface area (Å²) >= 11 is 0. The Morgan fingerprint density at radius 1 is 1.00 bits per heavy atom. The van der Waals surface area contributed by atoms with Gasteiger partial charge in [0, 0.05) is 23.6 Å². The van der Waals surface area contributed by atoms with E-state index in [2.05, 4.69) is 10.3 Å². The zero-order chi connectivity index (χ0) is 20.6. The molecule has 29 heavy (non-hydrogen) atoms. The number of halogens is 3. The summed E-state index contributed by atoms with van der Waals surface area (Å²) in [6.07, 6.45) is -0.792. The van der Waals surface area contributed by atoms with E-state index in [-0.39, 0.29) is 0 Å². The minimum atomic E-state index is -4.60. The quantitative estimate of drug-likeness (QED) is 0.492. The van der Waals surface area contributed by atoms with Crippen molar-refractivity contribution in [2.75, 3.05) is 5.32 Å². The van der Waals surface area contributed by atoms with Crippen LogP contribution in [-0.4, -0.2) is 15.3 Å². The molecule has 146 valence electrons. The number of amides is 1. The lowest BCUT2D eigenvalue weighted by atomic mass is 10.1. The van der Waals surface area contributed by atoms with Crippen LogP contribution in [0, 0.1) is 6.92 Å². The van der Waals surface area contributed by atoms with E-state index in [1.54, 1.807) is 24.3 Å². The maximum absolute atomic E-state index is 13.1. The number of benzene rings is 2. The lowest BCUT2D eigenvalue weighted by Gasteiger charge is -2.12. The van der Waals surface area contributed by atoms with Gasteiger partial charge >= 0.3 is 6.18 Å². The normalized spacial score (nSPS) is 11.6. The highest BCUT2D eigenvalue weighted by Gasteiger charge is 2.34. The predicted octanol–water partition coefficient (Wildman–Crippen LogP) is 5.58. The molecule has 2 aromatic carbocycles. The lowest BCUT2D eigenvalue weighted by molar-refractivity contribution is -0.137. The van der Waals surface area contributed by atoms with Crippen molar-refractivity contribution in [2.45, 2.75) is 13.1 Å². The summed E-state index contributed by atoms with van der Waals surface area (Å²) in [4.78, 5) is 17.0. The highest BCUT2D eigenvalue weighted by atomic mass is 19.4. The van der Waals surface area contributed by atoms with E-state index in [4.69, 9.17) is 0 Å². The van der Waals surface area contributed by atoms with Gasteiger partial charge in [0.25, 0.3) is 5.91 Å². The van der Waals surface area contributed by atoms with Gasteiger partial charge in [-0.2, -0.15) is 13.2 Å². The Hall–Kier alpha value is -3.61. The molecule has 0 saturated heterocycles. The number of carbonyl (C=O) groups excluding carboxylic acids is 1. The van der Waals surface area contributed by atoms with Gasteiger partial charge in [0.15, 0.2) is 0 Å². The van der Waals surface area contributed by atoms with Crippen LogP contribution in [0.5, 0.6) is 0 Å². The van der Waals surface area contributed by atoms with E-state index < -0.39 is 23.2 Å². The molecule has 0 aliphatic carbocycles. The Kier molecular flexibility index (Phi) is 4.58. The number of anilines is 1. The molecular weight excluding hydrogens is 379 g/mol. The fourth-order valence-corrected chi connectivity index (χ4v) is 3.14. The molecule has 1 amide bonds. The largest absolute Gasteiger partial charge is 0.417 e. The number of rotatable bonds is 3. The summed E-state index contributed by atoms with van der Waals surface area (Å²) in [6.45, 7) is 1.98. The van der Waals surface area contributed by atoms with Crippen LogP contribution in [0.25, 0.3) is 16.9 Å². The first-order chi connectivity index (χ1) is 13.8. The van der Waals surface area contributed by atoms with Crippen LogP contribution in [0.2, 0.25) is 0 Å². The summed E-state index contributed by atoms with van der Waals surface area (Å²) in [7, 11) is 0. The molecule has 2 heterocycles. The average molecular weight is 395 g/mol. The van der Waals surface area contributed by atoms with E-state index in [0.717, 1.165) is 34.6 Å². The first-order valence-corrected chi connectivity index (χ1v) is 8.85. The van der Waals surface area contributed by atoms with Crippen LogP contribution in [0.4, 0.5) is 18.9 Å². The Morgan fingerprint density at radius 3 is 2.41 bits per heavy atom. The first-order valence-electron chi connectivity index (χ1n) is 8.85. The van der Waals surface area contributed by atoms with Gasteiger partial charge in [-0.1, -0.05) is 30.3 Å². The van der Waals surface area contributed by atoms with E-state index in [1.807, 2.05) is 35.9 Å². The number of alkyl halides is 3. The van der Waals surface area contributed by atoms with Crippen molar-refractivity contribution in [3.63, 3.8) is 0 Å². The third-order valence-electron chi connectivity index (χ3n) is 4.59. The number of nitrogens with zero attached hydrogens (tertiary/aromatic N) is 2. The Morgan fingerprint density at radius 2 is 1.72 bits per heavy atom. The second-order valence-corrected chi connectivity index (χ2v) is 6.62. The van der Waals surface area contributed by atoms with Gasteiger partial charge in [0.2, 0.25) is 0 Å². The van der Waals surface area contributed by atoms with Crippen LogP contribution in [0.3, 0.4) is 0 Å². The molecule has 0 aliphatic heterocycles. The summed E-state index contributed by atoms with van der Waals surface area (Å²) in [6, 6.07) is 15.4.